The number of carbonyl (C=O) groups excluding carboxylic acids is 1. The fourth-order valence-electron chi connectivity index (χ4n) is 2.50. The van der Waals surface area contributed by atoms with Crippen LogP contribution in [0.1, 0.15) is 5.56 Å². The first-order valence-corrected chi connectivity index (χ1v) is 8.34. The summed E-state index contributed by atoms with van der Waals surface area (Å²) in [6, 6.07) is 17.2. The Kier molecular flexibility index (Phi) is 5.13. The Hall–Kier alpha value is -3.00. The monoisotopic (exact) mass is 382 g/mol. The van der Waals surface area contributed by atoms with E-state index in [0.29, 0.717) is 21.3 Å². The van der Waals surface area contributed by atoms with Crippen molar-refractivity contribution in [2.24, 2.45) is 0 Å². The Labute approximate surface area is 159 Å². The Bertz CT molecular complexity index is 1080. The first-order chi connectivity index (χ1) is 12.5. The summed E-state index contributed by atoms with van der Waals surface area (Å²) in [5.74, 6) is -0.628. The summed E-state index contributed by atoms with van der Waals surface area (Å²) in [6.07, 6.45) is 1.37. The van der Waals surface area contributed by atoms with Gasteiger partial charge in [-0.2, -0.15) is 5.26 Å². The van der Waals surface area contributed by atoms with E-state index < -0.39 is 5.91 Å². The topological polar surface area (TPSA) is 73.1 Å². The van der Waals surface area contributed by atoms with E-state index >= 15 is 0 Å². The molecule has 0 saturated carbocycles. The van der Waals surface area contributed by atoms with Crippen LogP contribution in [0.4, 0.5) is 5.69 Å². The highest BCUT2D eigenvalue weighted by Gasteiger charge is 2.13. The molecule has 0 aromatic heterocycles. The van der Waals surface area contributed by atoms with Crippen molar-refractivity contribution >= 4 is 51.6 Å². The molecule has 3 rings (SSSR count). The summed E-state index contributed by atoms with van der Waals surface area (Å²) in [7, 11) is 0. The molecule has 26 heavy (non-hydrogen) atoms. The van der Waals surface area contributed by atoms with Gasteiger partial charge in [-0.3, -0.25) is 4.79 Å². The summed E-state index contributed by atoms with van der Waals surface area (Å²) >= 11 is 11.8. The average Bonchev–Trinajstić information content (AvgIpc) is 2.64. The van der Waals surface area contributed by atoms with Gasteiger partial charge in [0.1, 0.15) is 17.4 Å². The number of fused-ring (bicyclic) bond motifs is 1. The standard InChI is InChI=1S/C20H12Cl2N2O2/c21-17-7-6-14(10-18(17)22)24-20(26)13(11-23)9-16-15-4-2-1-3-12(15)5-8-19(16)25/h1-10,25H,(H,24,26)/b13-9+. The number of aromatic hydroxyl groups is 1. The van der Waals surface area contributed by atoms with Gasteiger partial charge in [-0.15, -0.1) is 0 Å². The third kappa shape index (κ3) is 3.65. The fourth-order valence-corrected chi connectivity index (χ4v) is 2.80. The van der Waals surface area contributed by atoms with Crippen molar-refractivity contribution in [3.05, 3.63) is 75.8 Å². The lowest BCUT2D eigenvalue weighted by Crippen LogP contribution is -2.13. The van der Waals surface area contributed by atoms with Crippen LogP contribution in [0.3, 0.4) is 0 Å². The molecular formula is C20H12Cl2N2O2. The minimum absolute atomic E-state index is 0.0150. The number of nitrogens with one attached hydrogen (secondary N) is 1. The molecule has 0 atom stereocenters. The van der Waals surface area contributed by atoms with E-state index in [1.54, 1.807) is 18.2 Å². The molecule has 128 valence electrons. The molecule has 0 saturated heterocycles. The van der Waals surface area contributed by atoms with Crippen molar-refractivity contribution < 1.29 is 9.90 Å². The number of hydrogen-bond donors (Lipinski definition) is 2. The lowest BCUT2D eigenvalue weighted by atomic mass is 10.0. The lowest BCUT2D eigenvalue weighted by molar-refractivity contribution is -0.112. The van der Waals surface area contributed by atoms with Crippen molar-refractivity contribution in [2.75, 3.05) is 5.32 Å². The van der Waals surface area contributed by atoms with Gasteiger partial charge in [0, 0.05) is 11.3 Å². The van der Waals surface area contributed by atoms with Gasteiger partial charge in [-0.25, -0.2) is 0 Å². The summed E-state index contributed by atoms with van der Waals surface area (Å²) in [5, 5.41) is 24.4. The van der Waals surface area contributed by atoms with Gasteiger partial charge in [0.15, 0.2) is 0 Å². The number of anilines is 1. The highest BCUT2D eigenvalue weighted by molar-refractivity contribution is 6.42. The number of nitrogens with zero attached hydrogens (tertiary/aromatic N) is 1. The second-order valence-corrected chi connectivity index (χ2v) is 6.29. The van der Waals surface area contributed by atoms with Gasteiger partial charge >= 0.3 is 0 Å². The van der Waals surface area contributed by atoms with Crippen LogP contribution in [-0.2, 0) is 4.79 Å². The zero-order chi connectivity index (χ0) is 18.7. The van der Waals surface area contributed by atoms with E-state index in [2.05, 4.69) is 5.32 Å². The number of phenolic OH excluding ortho intramolecular Hbond substituents is 1. The zero-order valence-electron chi connectivity index (χ0n) is 13.3. The maximum atomic E-state index is 12.4. The second-order valence-electron chi connectivity index (χ2n) is 5.47. The van der Waals surface area contributed by atoms with Crippen molar-refractivity contribution in [2.45, 2.75) is 0 Å². The van der Waals surface area contributed by atoms with E-state index in [9.17, 15) is 15.2 Å². The maximum absolute atomic E-state index is 12.4. The summed E-state index contributed by atoms with van der Waals surface area (Å²) in [4.78, 5) is 12.4. The van der Waals surface area contributed by atoms with Crippen LogP contribution >= 0.6 is 23.2 Å². The van der Waals surface area contributed by atoms with Crippen LogP contribution in [0.15, 0.2) is 60.2 Å². The number of halogens is 2. The van der Waals surface area contributed by atoms with Gasteiger partial charge < -0.3 is 10.4 Å². The summed E-state index contributed by atoms with van der Waals surface area (Å²) < 4.78 is 0. The van der Waals surface area contributed by atoms with E-state index in [1.165, 1.54) is 18.2 Å². The molecule has 0 aliphatic heterocycles. The summed E-state index contributed by atoms with van der Waals surface area (Å²) in [6.45, 7) is 0. The highest BCUT2D eigenvalue weighted by atomic mass is 35.5. The van der Waals surface area contributed by atoms with Crippen molar-refractivity contribution in [3.8, 4) is 11.8 Å². The Morgan fingerprint density at radius 3 is 2.58 bits per heavy atom. The van der Waals surface area contributed by atoms with Gasteiger partial charge in [-0.05, 0) is 41.1 Å². The molecule has 3 aromatic carbocycles. The van der Waals surface area contributed by atoms with Crippen LogP contribution in [0.5, 0.6) is 5.75 Å². The Morgan fingerprint density at radius 1 is 1.08 bits per heavy atom. The number of amides is 1. The number of carbonyl (C=O) groups is 1. The van der Waals surface area contributed by atoms with E-state index in [1.807, 2.05) is 30.3 Å². The van der Waals surface area contributed by atoms with Gasteiger partial charge in [-0.1, -0.05) is 53.5 Å². The smallest absolute Gasteiger partial charge is 0.266 e. The predicted octanol–water partition coefficient (Wildman–Crippen LogP) is 5.40. The van der Waals surface area contributed by atoms with E-state index in [4.69, 9.17) is 23.2 Å². The summed E-state index contributed by atoms with van der Waals surface area (Å²) in [5.41, 5.74) is 0.666. The van der Waals surface area contributed by atoms with Crippen LogP contribution in [0.2, 0.25) is 10.0 Å². The highest BCUT2D eigenvalue weighted by Crippen LogP contribution is 2.30. The first-order valence-electron chi connectivity index (χ1n) is 7.58. The second kappa shape index (κ2) is 7.49. The average molecular weight is 383 g/mol. The van der Waals surface area contributed by atoms with Crippen LogP contribution in [0, 0.1) is 11.3 Å². The third-order valence-electron chi connectivity index (χ3n) is 3.78. The number of nitriles is 1. The number of benzene rings is 3. The minimum Gasteiger partial charge on any atom is -0.507 e. The largest absolute Gasteiger partial charge is 0.507 e. The van der Waals surface area contributed by atoms with Gasteiger partial charge in [0.2, 0.25) is 0 Å². The molecule has 2 N–H and O–H groups in total. The quantitative estimate of drug-likeness (QED) is 0.470. The molecule has 3 aromatic rings. The van der Waals surface area contributed by atoms with E-state index in [-0.39, 0.29) is 11.3 Å². The normalized spacial score (nSPS) is 11.2. The van der Waals surface area contributed by atoms with Gasteiger partial charge in [0.05, 0.1) is 10.0 Å². The van der Waals surface area contributed by atoms with Crippen molar-refractivity contribution in [3.63, 3.8) is 0 Å². The number of phenols is 1. The van der Waals surface area contributed by atoms with Crippen LogP contribution in [-0.4, -0.2) is 11.0 Å². The van der Waals surface area contributed by atoms with Crippen LogP contribution < -0.4 is 5.32 Å². The third-order valence-corrected chi connectivity index (χ3v) is 4.52. The molecule has 0 unspecified atom stereocenters. The molecule has 0 radical (unpaired) electrons. The van der Waals surface area contributed by atoms with Crippen molar-refractivity contribution in [1.82, 2.24) is 0 Å². The van der Waals surface area contributed by atoms with E-state index in [0.717, 1.165) is 10.8 Å². The Balaban J connectivity index is 1.98. The molecule has 4 nitrogen and oxygen atoms in total. The van der Waals surface area contributed by atoms with Crippen molar-refractivity contribution in [1.29, 1.82) is 5.26 Å². The molecule has 0 heterocycles. The molecule has 0 spiro atoms. The molecule has 6 heteroatoms. The molecular weight excluding hydrogens is 371 g/mol. The lowest BCUT2D eigenvalue weighted by Gasteiger charge is -2.08. The molecule has 0 fully saturated rings. The van der Waals surface area contributed by atoms with Gasteiger partial charge in [0.25, 0.3) is 5.91 Å². The predicted molar refractivity (Wildman–Crippen MR) is 104 cm³/mol. The number of hydrogen-bond acceptors (Lipinski definition) is 3. The molecule has 1 amide bonds. The molecule has 0 bridgehead atoms. The minimum atomic E-state index is -0.613. The molecule has 0 aliphatic carbocycles. The first kappa shape index (κ1) is 17.8. The van der Waals surface area contributed by atoms with Crippen LogP contribution in [0.25, 0.3) is 16.8 Å². The fraction of sp³-hybridized carbons (Fsp3) is 0. The SMILES string of the molecule is N#C/C(=C\c1c(O)ccc2ccccc12)C(=O)Nc1ccc(Cl)c(Cl)c1. The Morgan fingerprint density at radius 2 is 1.85 bits per heavy atom. The number of rotatable bonds is 3. The maximum Gasteiger partial charge on any atom is 0.266 e. The molecule has 0 aliphatic rings. The zero-order valence-corrected chi connectivity index (χ0v) is 14.8.